The van der Waals surface area contributed by atoms with Gasteiger partial charge in [0.1, 0.15) is 11.9 Å². The van der Waals surface area contributed by atoms with Crippen molar-refractivity contribution in [3.8, 4) is 5.88 Å². The second-order valence-electron chi connectivity index (χ2n) is 4.00. The van der Waals surface area contributed by atoms with Crippen LogP contribution < -0.4 is 10.1 Å². The minimum atomic E-state index is -4.38. The Balaban J connectivity index is 2.24. The summed E-state index contributed by atoms with van der Waals surface area (Å²) in [5, 5.41) is 2.60. The molecular weight excluding hydrogens is 233 g/mol. The van der Waals surface area contributed by atoms with Crippen LogP contribution in [0, 0.1) is 0 Å². The van der Waals surface area contributed by atoms with E-state index in [9.17, 15) is 13.2 Å². The summed E-state index contributed by atoms with van der Waals surface area (Å²) in [5.74, 6) is 0.197. The van der Waals surface area contributed by atoms with Gasteiger partial charge in [0.2, 0.25) is 5.88 Å². The van der Waals surface area contributed by atoms with Crippen LogP contribution in [0.25, 0.3) is 0 Å². The molecule has 1 fully saturated rings. The Labute approximate surface area is 97.0 Å². The van der Waals surface area contributed by atoms with E-state index in [1.165, 1.54) is 7.05 Å². The highest BCUT2D eigenvalue weighted by atomic mass is 19.4. The highest BCUT2D eigenvalue weighted by molar-refractivity contribution is 5.42. The number of pyridine rings is 1. The van der Waals surface area contributed by atoms with Gasteiger partial charge >= 0.3 is 6.18 Å². The number of nitrogens with one attached hydrogen (secondary N) is 1. The molecule has 0 bridgehead atoms. The van der Waals surface area contributed by atoms with E-state index < -0.39 is 11.7 Å². The summed E-state index contributed by atoms with van der Waals surface area (Å²) in [4.78, 5) is 3.95. The van der Waals surface area contributed by atoms with Crippen molar-refractivity contribution in [2.45, 2.75) is 31.5 Å². The van der Waals surface area contributed by atoms with Gasteiger partial charge in [-0.25, -0.2) is 0 Å². The zero-order chi connectivity index (χ0) is 12.5. The van der Waals surface area contributed by atoms with Gasteiger partial charge in [-0.15, -0.1) is 0 Å². The number of rotatable bonds is 3. The number of anilines is 1. The Kier molecular flexibility index (Phi) is 3.13. The largest absolute Gasteiger partial charge is 0.474 e. The maximum Gasteiger partial charge on any atom is 0.416 e. The smallest absolute Gasteiger partial charge is 0.416 e. The van der Waals surface area contributed by atoms with Crippen LogP contribution in [0.1, 0.15) is 24.8 Å². The van der Waals surface area contributed by atoms with Gasteiger partial charge in [0.25, 0.3) is 0 Å². The molecule has 94 valence electrons. The van der Waals surface area contributed by atoms with Crippen LogP contribution in [0.5, 0.6) is 5.88 Å². The van der Waals surface area contributed by atoms with Crippen molar-refractivity contribution in [2.75, 3.05) is 12.4 Å². The lowest BCUT2D eigenvalue weighted by molar-refractivity contribution is -0.137. The van der Waals surface area contributed by atoms with Crippen LogP contribution in [0.4, 0.5) is 19.0 Å². The van der Waals surface area contributed by atoms with Crippen LogP contribution in [-0.4, -0.2) is 18.1 Å². The molecule has 0 aromatic carbocycles. The first kappa shape index (κ1) is 12.0. The molecule has 1 aliphatic carbocycles. The van der Waals surface area contributed by atoms with Gasteiger partial charge < -0.3 is 10.1 Å². The molecule has 3 nitrogen and oxygen atoms in total. The van der Waals surface area contributed by atoms with Crippen LogP contribution in [0.15, 0.2) is 12.1 Å². The van der Waals surface area contributed by atoms with E-state index in [2.05, 4.69) is 10.3 Å². The molecule has 0 aliphatic heterocycles. The number of nitrogens with zero attached hydrogens (tertiary/aromatic N) is 1. The molecule has 0 radical (unpaired) electrons. The fourth-order valence-corrected chi connectivity index (χ4v) is 1.52. The van der Waals surface area contributed by atoms with Crippen molar-refractivity contribution >= 4 is 5.82 Å². The predicted octanol–water partition coefficient (Wildman–Crippen LogP) is 3.07. The monoisotopic (exact) mass is 246 g/mol. The highest BCUT2D eigenvalue weighted by Gasteiger charge is 2.32. The molecule has 2 rings (SSSR count). The van der Waals surface area contributed by atoms with E-state index >= 15 is 0 Å². The van der Waals surface area contributed by atoms with E-state index in [4.69, 9.17) is 4.74 Å². The number of hydrogen-bond acceptors (Lipinski definition) is 3. The molecule has 1 heterocycles. The Morgan fingerprint density at radius 1 is 1.35 bits per heavy atom. The molecule has 1 N–H and O–H groups in total. The lowest BCUT2D eigenvalue weighted by Gasteiger charge is -2.26. The number of ether oxygens (including phenoxy) is 1. The summed E-state index contributed by atoms with van der Waals surface area (Å²) in [7, 11) is 1.52. The Morgan fingerprint density at radius 3 is 2.53 bits per heavy atom. The van der Waals surface area contributed by atoms with Crippen molar-refractivity contribution < 1.29 is 17.9 Å². The van der Waals surface area contributed by atoms with Gasteiger partial charge in [0, 0.05) is 13.1 Å². The Morgan fingerprint density at radius 2 is 2.06 bits per heavy atom. The number of alkyl halides is 3. The van der Waals surface area contributed by atoms with E-state index in [-0.39, 0.29) is 17.8 Å². The first-order valence-electron chi connectivity index (χ1n) is 5.43. The molecule has 1 aromatic heterocycles. The van der Waals surface area contributed by atoms with Crippen molar-refractivity contribution in [1.29, 1.82) is 0 Å². The van der Waals surface area contributed by atoms with Crippen molar-refractivity contribution in [3.63, 3.8) is 0 Å². The third-order valence-electron chi connectivity index (χ3n) is 2.72. The van der Waals surface area contributed by atoms with Crippen LogP contribution in [-0.2, 0) is 6.18 Å². The fraction of sp³-hybridized carbons (Fsp3) is 0.545. The van der Waals surface area contributed by atoms with E-state index in [0.29, 0.717) is 0 Å². The van der Waals surface area contributed by atoms with Crippen molar-refractivity contribution in [3.05, 3.63) is 17.7 Å². The van der Waals surface area contributed by atoms with Gasteiger partial charge in [-0.1, -0.05) is 0 Å². The minimum Gasteiger partial charge on any atom is -0.474 e. The number of hydrogen-bond donors (Lipinski definition) is 1. The summed E-state index contributed by atoms with van der Waals surface area (Å²) < 4.78 is 43.2. The summed E-state index contributed by atoms with van der Waals surface area (Å²) in [6, 6.07) is 1.91. The maximum atomic E-state index is 12.6. The van der Waals surface area contributed by atoms with E-state index in [1.54, 1.807) is 0 Å². The molecule has 0 amide bonds. The van der Waals surface area contributed by atoms with Gasteiger partial charge in [-0.3, -0.25) is 0 Å². The minimum absolute atomic E-state index is 0.00990. The lowest BCUT2D eigenvalue weighted by atomic mass is 9.96. The average molecular weight is 246 g/mol. The SMILES string of the molecule is CNc1cc(C(F)(F)F)cc(OC2CCC2)n1. The third-order valence-corrected chi connectivity index (χ3v) is 2.72. The number of halogens is 3. The molecule has 1 aromatic rings. The third kappa shape index (κ3) is 2.81. The summed E-state index contributed by atoms with van der Waals surface area (Å²) in [6.07, 6.45) is -1.55. The van der Waals surface area contributed by atoms with Crippen LogP contribution in [0.2, 0.25) is 0 Å². The quantitative estimate of drug-likeness (QED) is 0.889. The first-order valence-corrected chi connectivity index (χ1v) is 5.43. The first-order chi connectivity index (χ1) is 7.99. The summed E-state index contributed by atoms with van der Waals surface area (Å²) in [5.41, 5.74) is -0.744. The van der Waals surface area contributed by atoms with E-state index in [1.807, 2.05) is 0 Å². The second kappa shape index (κ2) is 4.43. The topological polar surface area (TPSA) is 34.1 Å². The van der Waals surface area contributed by atoms with Crippen LogP contribution in [0.3, 0.4) is 0 Å². The van der Waals surface area contributed by atoms with Crippen LogP contribution >= 0.6 is 0 Å². The Hall–Kier alpha value is -1.46. The van der Waals surface area contributed by atoms with Gasteiger partial charge in [0.05, 0.1) is 5.56 Å². The molecule has 0 spiro atoms. The molecule has 6 heteroatoms. The average Bonchev–Trinajstić information content (AvgIpc) is 2.22. The molecule has 1 aliphatic rings. The van der Waals surface area contributed by atoms with Gasteiger partial charge in [0.15, 0.2) is 0 Å². The molecule has 0 unspecified atom stereocenters. The lowest BCUT2D eigenvalue weighted by Crippen LogP contribution is -2.25. The normalized spacial score (nSPS) is 16.5. The van der Waals surface area contributed by atoms with E-state index in [0.717, 1.165) is 31.4 Å². The molecule has 1 saturated carbocycles. The second-order valence-corrected chi connectivity index (χ2v) is 4.00. The predicted molar refractivity (Wildman–Crippen MR) is 57.1 cm³/mol. The number of aromatic nitrogens is 1. The zero-order valence-corrected chi connectivity index (χ0v) is 9.34. The molecule has 17 heavy (non-hydrogen) atoms. The zero-order valence-electron chi connectivity index (χ0n) is 9.34. The van der Waals surface area contributed by atoms with Gasteiger partial charge in [-0.2, -0.15) is 18.2 Å². The standard InChI is InChI=1S/C11H13F3N2O/c1-15-9-5-7(11(12,13)14)6-10(16-9)17-8-3-2-4-8/h5-6,8H,2-4H2,1H3,(H,15,16). The highest BCUT2D eigenvalue weighted by Crippen LogP contribution is 2.33. The van der Waals surface area contributed by atoms with Crippen molar-refractivity contribution in [1.82, 2.24) is 4.98 Å². The maximum absolute atomic E-state index is 12.6. The molecule has 0 saturated heterocycles. The Bertz CT molecular complexity index is 402. The fourth-order valence-electron chi connectivity index (χ4n) is 1.52. The van der Waals surface area contributed by atoms with Crippen molar-refractivity contribution in [2.24, 2.45) is 0 Å². The molecule has 0 atom stereocenters. The summed E-state index contributed by atoms with van der Waals surface area (Å²) >= 11 is 0. The molecular formula is C11H13F3N2O. The summed E-state index contributed by atoms with van der Waals surface area (Å²) in [6.45, 7) is 0. The van der Waals surface area contributed by atoms with Gasteiger partial charge in [-0.05, 0) is 25.3 Å².